The summed E-state index contributed by atoms with van der Waals surface area (Å²) in [5.74, 6) is -0.338. The third-order valence-corrected chi connectivity index (χ3v) is 4.04. The number of nitrogen functional groups attached to an aromatic ring is 1. The summed E-state index contributed by atoms with van der Waals surface area (Å²) < 4.78 is 0. The normalized spacial score (nSPS) is 11.8. The molecule has 2 amide bonds. The van der Waals surface area contributed by atoms with E-state index in [4.69, 9.17) is 5.73 Å². The zero-order chi connectivity index (χ0) is 15.4. The standard InChI is InChI=1S/C12H21N5O2S/c1-6-17(5)11(19)7(2)14-10(18)8-9(13)15-12(20-8)16(3)4/h7H,6,13H2,1-5H3,(H,14,18). The van der Waals surface area contributed by atoms with E-state index in [9.17, 15) is 9.59 Å². The van der Waals surface area contributed by atoms with E-state index in [0.717, 1.165) is 0 Å². The quantitative estimate of drug-likeness (QED) is 0.820. The largest absolute Gasteiger partial charge is 0.382 e. The van der Waals surface area contributed by atoms with Crippen LogP contribution < -0.4 is 16.0 Å². The van der Waals surface area contributed by atoms with E-state index in [2.05, 4.69) is 10.3 Å². The van der Waals surface area contributed by atoms with Gasteiger partial charge < -0.3 is 20.9 Å². The van der Waals surface area contributed by atoms with Gasteiger partial charge in [0.05, 0.1) is 0 Å². The molecule has 20 heavy (non-hydrogen) atoms. The molecule has 1 atom stereocenters. The van der Waals surface area contributed by atoms with Crippen LogP contribution in [0.2, 0.25) is 0 Å². The highest BCUT2D eigenvalue weighted by Crippen LogP contribution is 2.26. The van der Waals surface area contributed by atoms with Crippen LogP contribution in [-0.4, -0.2) is 55.4 Å². The molecule has 0 saturated carbocycles. The Kier molecular flexibility index (Phi) is 5.32. The van der Waals surface area contributed by atoms with Crippen molar-refractivity contribution in [3.8, 4) is 0 Å². The summed E-state index contributed by atoms with van der Waals surface area (Å²) >= 11 is 1.20. The highest BCUT2D eigenvalue weighted by atomic mass is 32.1. The number of thiazole rings is 1. The van der Waals surface area contributed by atoms with E-state index in [1.54, 1.807) is 23.8 Å². The van der Waals surface area contributed by atoms with Gasteiger partial charge in [-0.05, 0) is 13.8 Å². The van der Waals surface area contributed by atoms with Gasteiger partial charge in [0.2, 0.25) is 5.91 Å². The van der Waals surface area contributed by atoms with Gasteiger partial charge >= 0.3 is 0 Å². The molecule has 3 N–H and O–H groups in total. The number of carbonyl (C=O) groups excluding carboxylic acids is 2. The average molecular weight is 299 g/mol. The average Bonchev–Trinajstić information content (AvgIpc) is 2.79. The Labute approximate surface area is 122 Å². The van der Waals surface area contributed by atoms with Crippen molar-refractivity contribution < 1.29 is 9.59 Å². The number of anilines is 2. The first-order valence-corrected chi connectivity index (χ1v) is 7.09. The maximum Gasteiger partial charge on any atom is 0.265 e. The summed E-state index contributed by atoms with van der Waals surface area (Å²) in [6, 6.07) is -0.600. The number of hydrogen-bond donors (Lipinski definition) is 2. The van der Waals surface area contributed by atoms with Gasteiger partial charge in [-0.15, -0.1) is 0 Å². The lowest BCUT2D eigenvalue weighted by Gasteiger charge is -2.20. The molecule has 0 bridgehead atoms. The Morgan fingerprint density at radius 2 is 2.00 bits per heavy atom. The molecule has 0 aromatic carbocycles. The predicted octanol–water partition coefficient (Wildman–Crippen LogP) is 0.388. The molecular formula is C12H21N5O2S. The van der Waals surface area contributed by atoms with Crippen LogP contribution in [-0.2, 0) is 4.79 Å². The Balaban J connectivity index is 2.79. The highest BCUT2D eigenvalue weighted by Gasteiger charge is 2.22. The molecule has 112 valence electrons. The van der Waals surface area contributed by atoms with Gasteiger partial charge in [0.1, 0.15) is 16.7 Å². The lowest BCUT2D eigenvalue weighted by Crippen LogP contribution is -2.45. The molecule has 0 spiro atoms. The number of amides is 2. The zero-order valence-corrected chi connectivity index (χ0v) is 13.2. The molecule has 0 saturated heterocycles. The minimum Gasteiger partial charge on any atom is -0.382 e. The molecule has 1 aromatic rings. The first kappa shape index (κ1) is 16.2. The predicted molar refractivity (Wildman–Crippen MR) is 81.1 cm³/mol. The van der Waals surface area contributed by atoms with Gasteiger partial charge in [0.25, 0.3) is 5.91 Å². The van der Waals surface area contributed by atoms with Crippen molar-refractivity contribution in [2.75, 3.05) is 38.3 Å². The van der Waals surface area contributed by atoms with Gasteiger partial charge in [0, 0.05) is 27.7 Å². The maximum atomic E-state index is 12.1. The van der Waals surface area contributed by atoms with E-state index >= 15 is 0 Å². The van der Waals surface area contributed by atoms with Crippen LogP contribution in [0.15, 0.2) is 0 Å². The summed E-state index contributed by atoms with van der Waals surface area (Å²) in [4.78, 5) is 31.8. The number of aromatic nitrogens is 1. The SMILES string of the molecule is CCN(C)C(=O)C(C)NC(=O)c1sc(N(C)C)nc1N. The van der Waals surface area contributed by atoms with E-state index in [0.29, 0.717) is 16.6 Å². The second kappa shape index (κ2) is 6.56. The number of nitrogens with one attached hydrogen (secondary N) is 1. The van der Waals surface area contributed by atoms with Crippen LogP contribution in [0.4, 0.5) is 10.9 Å². The summed E-state index contributed by atoms with van der Waals surface area (Å²) in [6.45, 7) is 4.11. The van der Waals surface area contributed by atoms with E-state index in [-0.39, 0.29) is 17.6 Å². The lowest BCUT2D eigenvalue weighted by atomic mass is 10.3. The highest BCUT2D eigenvalue weighted by molar-refractivity contribution is 7.18. The molecule has 0 fully saturated rings. The van der Waals surface area contributed by atoms with Crippen LogP contribution in [0, 0.1) is 0 Å². The number of carbonyl (C=O) groups is 2. The lowest BCUT2D eigenvalue weighted by molar-refractivity contribution is -0.131. The fourth-order valence-electron chi connectivity index (χ4n) is 1.48. The fraction of sp³-hybridized carbons (Fsp3) is 0.583. The minimum atomic E-state index is -0.600. The molecule has 0 aliphatic heterocycles. The van der Waals surface area contributed by atoms with E-state index in [1.807, 2.05) is 21.0 Å². The second-order valence-electron chi connectivity index (χ2n) is 4.65. The van der Waals surface area contributed by atoms with Crippen molar-refractivity contribution >= 4 is 34.1 Å². The van der Waals surface area contributed by atoms with Gasteiger partial charge in [-0.2, -0.15) is 0 Å². The Hall–Kier alpha value is -1.83. The molecular weight excluding hydrogens is 278 g/mol. The first-order valence-electron chi connectivity index (χ1n) is 6.27. The van der Waals surface area contributed by atoms with Crippen LogP contribution in [0.25, 0.3) is 0 Å². The molecule has 7 nitrogen and oxygen atoms in total. The van der Waals surface area contributed by atoms with Crippen molar-refractivity contribution in [2.45, 2.75) is 19.9 Å². The van der Waals surface area contributed by atoms with E-state index in [1.165, 1.54) is 11.3 Å². The fourth-order valence-corrected chi connectivity index (χ4v) is 2.30. The van der Waals surface area contributed by atoms with Gasteiger partial charge in [-0.3, -0.25) is 9.59 Å². The van der Waals surface area contributed by atoms with Gasteiger partial charge in [0.15, 0.2) is 5.13 Å². The third kappa shape index (κ3) is 3.60. The summed E-state index contributed by atoms with van der Waals surface area (Å²) in [5, 5.41) is 3.30. The first-order chi connectivity index (χ1) is 9.27. The number of nitrogens with two attached hydrogens (primary N) is 1. The molecule has 8 heteroatoms. The van der Waals surface area contributed by atoms with Crippen LogP contribution in [0.3, 0.4) is 0 Å². The molecule has 1 aromatic heterocycles. The molecule has 0 aliphatic carbocycles. The van der Waals surface area contributed by atoms with Gasteiger partial charge in [-0.1, -0.05) is 11.3 Å². The topological polar surface area (TPSA) is 91.6 Å². The Bertz CT molecular complexity index is 500. The maximum absolute atomic E-state index is 12.1. The smallest absolute Gasteiger partial charge is 0.265 e. The van der Waals surface area contributed by atoms with Crippen LogP contribution in [0.5, 0.6) is 0 Å². The summed E-state index contributed by atoms with van der Waals surface area (Å²) in [6.07, 6.45) is 0. The second-order valence-corrected chi connectivity index (χ2v) is 5.63. The number of hydrogen-bond acceptors (Lipinski definition) is 6. The molecule has 1 rings (SSSR count). The Morgan fingerprint density at radius 1 is 1.40 bits per heavy atom. The molecule has 0 aliphatic rings. The number of rotatable bonds is 5. The molecule has 0 radical (unpaired) electrons. The summed E-state index contributed by atoms with van der Waals surface area (Å²) in [5.41, 5.74) is 5.73. The number of likely N-dealkylation sites (N-methyl/N-ethyl adjacent to an activating group) is 1. The third-order valence-electron chi connectivity index (χ3n) is 2.80. The van der Waals surface area contributed by atoms with Crippen molar-refractivity contribution in [3.63, 3.8) is 0 Å². The zero-order valence-electron chi connectivity index (χ0n) is 12.4. The molecule has 1 unspecified atom stereocenters. The van der Waals surface area contributed by atoms with Crippen molar-refractivity contribution in [1.82, 2.24) is 15.2 Å². The molecule has 1 heterocycles. The van der Waals surface area contributed by atoms with Crippen LogP contribution >= 0.6 is 11.3 Å². The minimum absolute atomic E-state index is 0.142. The van der Waals surface area contributed by atoms with Crippen molar-refractivity contribution in [3.05, 3.63) is 4.88 Å². The van der Waals surface area contributed by atoms with Gasteiger partial charge in [-0.25, -0.2) is 4.98 Å². The monoisotopic (exact) mass is 299 g/mol. The number of nitrogens with zero attached hydrogens (tertiary/aromatic N) is 3. The van der Waals surface area contributed by atoms with Crippen LogP contribution in [0.1, 0.15) is 23.5 Å². The van der Waals surface area contributed by atoms with Crippen molar-refractivity contribution in [1.29, 1.82) is 0 Å². The van der Waals surface area contributed by atoms with E-state index < -0.39 is 6.04 Å². The van der Waals surface area contributed by atoms with Crippen molar-refractivity contribution in [2.24, 2.45) is 0 Å². The Morgan fingerprint density at radius 3 is 2.45 bits per heavy atom. The summed E-state index contributed by atoms with van der Waals surface area (Å²) in [7, 11) is 5.33.